The third-order valence-electron chi connectivity index (χ3n) is 3.79. The number of furan rings is 1. The molecule has 0 saturated heterocycles. The molecule has 1 N–H and O–H groups in total. The van der Waals surface area contributed by atoms with Crippen molar-refractivity contribution in [3.8, 4) is 0 Å². The lowest BCUT2D eigenvalue weighted by atomic mass is 10.1. The van der Waals surface area contributed by atoms with Crippen molar-refractivity contribution in [2.75, 3.05) is 11.4 Å². The van der Waals surface area contributed by atoms with E-state index in [4.69, 9.17) is 9.52 Å². The Morgan fingerprint density at radius 2 is 2.18 bits per heavy atom. The molecule has 1 aliphatic heterocycles. The third kappa shape index (κ3) is 2.16. The number of aromatic carboxylic acids is 1. The highest BCUT2D eigenvalue weighted by Crippen LogP contribution is 2.31. The predicted molar refractivity (Wildman–Crippen MR) is 76.8 cm³/mol. The lowest BCUT2D eigenvalue weighted by molar-refractivity contribution is 0.0694. The lowest BCUT2D eigenvalue weighted by Crippen LogP contribution is -2.28. The highest BCUT2D eigenvalue weighted by atomic mass is 19.1. The van der Waals surface area contributed by atoms with Gasteiger partial charge >= 0.3 is 5.97 Å². The fourth-order valence-electron chi connectivity index (χ4n) is 2.71. The van der Waals surface area contributed by atoms with Crippen LogP contribution in [0.25, 0.3) is 0 Å². The van der Waals surface area contributed by atoms with Gasteiger partial charge in [0, 0.05) is 24.6 Å². The van der Waals surface area contributed by atoms with E-state index in [1.54, 1.807) is 19.1 Å². The maximum atomic E-state index is 13.7. The largest absolute Gasteiger partial charge is 0.478 e. The molecule has 0 fully saturated rings. The summed E-state index contributed by atoms with van der Waals surface area (Å²) >= 11 is 0. The predicted octanol–water partition coefficient (Wildman–Crippen LogP) is 2.88. The average Bonchev–Trinajstić information content (AvgIpc) is 3.11. The van der Waals surface area contributed by atoms with Crippen molar-refractivity contribution in [2.24, 2.45) is 0 Å². The van der Waals surface area contributed by atoms with Crippen LogP contribution in [-0.2, 0) is 12.8 Å². The minimum atomic E-state index is -1.13. The summed E-state index contributed by atoms with van der Waals surface area (Å²) in [6, 6.07) is 5.81. The highest BCUT2D eigenvalue weighted by molar-refractivity contribution is 6.06. The van der Waals surface area contributed by atoms with Gasteiger partial charge in [0.25, 0.3) is 5.91 Å². The van der Waals surface area contributed by atoms with Crippen LogP contribution in [-0.4, -0.2) is 23.5 Å². The quantitative estimate of drug-likeness (QED) is 0.946. The zero-order valence-electron chi connectivity index (χ0n) is 11.9. The van der Waals surface area contributed by atoms with Gasteiger partial charge in [0.15, 0.2) is 5.76 Å². The number of carbonyl (C=O) groups excluding carboxylic acids is 1. The summed E-state index contributed by atoms with van der Waals surface area (Å²) in [4.78, 5) is 25.1. The van der Waals surface area contributed by atoms with E-state index in [0.717, 1.165) is 0 Å². The van der Waals surface area contributed by atoms with Crippen LogP contribution in [0.5, 0.6) is 0 Å². The molecule has 0 unspecified atom stereocenters. The molecule has 1 aromatic heterocycles. The van der Waals surface area contributed by atoms with Crippen molar-refractivity contribution in [3.63, 3.8) is 0 Å². The van der Waals surface area contributed by atoms with Crippen LogP contribution in [0, 0.1) is 5.82 Å². The first kappa shape index (κ1) is 14.3. The topological polar surface area (TPSA) is 70.8 Å². The number of halogens is 1. The van der Waals surface area contributed by atoms with Crippen molar-refractivity contribution in [2.45, 2.75) is 19.8 Å². The molecule has 1 aromatic carbocycles. The molecule has 0 bridgehead atoms. The standard InChI is InChI=1S/C16H14FNO4/c1-2-13-10(16(20)21)8-14(22-13)15(19)18-7-6-9-11(17)4-3-5-12(9)18/h3-5,8H,2,6-7H2,1H3,(H,20,21). The molecule has 6 heteroatoms. The molecular weight excluding hydrogens is 289 g/mol. The first-order valence-corrected chi connectivity index (χ1v) is 6.98. The summed E-state index contributed by atoms with van der Waals surface area (Å²) in [6.07, 6.45) is 0.807. The normalized spacial score (nSPS) is 13.3. The van der Waals surface area contributed by atoms with Crippen LogP contribution in [0.2, 0.25) is 0 Å². The number of carboxylic acids is 1. The third-order valence-corrected chi connectivity index (χ3v) is 3.79. The summed E-state index contributed by atoms with van der Waals surface area (Å²) in [5.41, 5.74) is 0.998. The molecule has 0 atom stereocenters. The second kappa shape index (κ2) is 5.29. The van der Waals surface area contributed by atoms with Crippen LogP contribution in [0.3, 0.4) is 0 Å². The number of hydrogen-bond donors (Lipinski definition) is 1. The van der Waals surface area contributed by atoms with E-state index in [1.807, 2.05) is 0 Å². The minimum Gasteiger partial charge on any atom is -0.478 e. The minimum absolute atomic E-state index is 0.00971. The molecule has 2 heterocycles. The molecule has 114 valence electrons. The molecule has 0 aliphatic carbocycles. The van der Waals surface area contributed by atoms with E-state index in [1.165, 1.54) is 17.0 Å². The van der Waals surface area contributed by atoms with Crippen LogP contribution in [0.15, 0.2) is 28.7 Å². The Labute approximate surface area is 126 Å². The second-order valence-corrected chi connectivity index (χ2v) is 5.05. The zero-order valence-corrected chi connectivity index (χ0v) is 11.9. The molecule has 1 amide bonds. The van der Waals surface area contributed by atoms with E-state index in [0.29, 0.717) is 30.6 Å². The van der Waals surface area contributed by atoms with Crippen molar-refractivity contribution in [1.82, 2.24) is 0 Å². The number of hydrogen-bond acceptors (Lipinski definition) is 3. The van der Waals surface area contributed by atoms with Gasteiger partial charge in [-0.05, 0) is 18.6 Å². The first-order chi connectivity index (χ1) is 10.5. The number of nitrogens with zero attached hydrogens (tertiary/aromatic N) is 1. The van der Waals surface area contributed by atoms with Gasteiger partial charge < -0.3 is 14.4 Å². The Hall–Kier alpha value is -2.63. The Balaban J connectivity index is 1.97. The van der Waals surface area contributed by atoms with Gasteiger partial charge in [-0.2, -0.15) is 0 Å². The number of amides is 1. The fourth-order valence-corrected chi connectivity index (χ4v) is 2.71. The van der Waals surface area contributed by atoms with E-state index >= 15 is 0 Å². The number of carboxylic acid groups (broad SMARTS) is 1. The number of fused-ring (bicyclic) bond motifs is 1. The first-order valence-electron chi connectivity index (χ1n) is 6.98. The van der Waals surface area contributed by atoms with Gasteiger partial charge in [-0.25, -0.2) is 9.18 Å². The average molecular weight is 303 g/mol. The summed E-state index contributed by atoms with van der Waals surface area (Å²) in [5.74, 6) is -1.70. The van der Waals surface area contributed by atoms with E-state index < -0.39 is 11.9 Å². The molecule has 0 saturated carbocycles. The Morgan fingerprint density at radius 1 is 1.41 bits per heavy atom. The Bertz CT molecular complexity index is 766. The monoisotopic (exact) mass is 303 g/mol. The molecule has 3 rings (SSSR count). The van der Waals surface area contributed by atoms with Crippen molar-refractivity contribution >= 4 is 17.6 Å². The van der Waals surface area contributed by atoms with Crippen LogP contribution in [0.4, 0.5) is 10.1 Å². The maximum Gasteiger partial charge on any atom is 0.339 e. The highest BCUT2D eigenvalue weighted by Gasteiger charge is 2.30. The van der Waals surface area contributed by atoms with Crippen LogP contribution < -0.4 is 4.90 Å². The van der Waals surface area contributed by atoms with Gasteiger partial charge in [-0.3, -0.25) is 4.79 Å². The summed E-state index contributed by atoms with van der Waals surface area (Å²) < 4.78 is 19.1. The van der Waals surface area contributed by atoms with E-state index in [2.05, 4.69) is 0 Å². The lowest BCUT2D eigenvalue weighted by Gasteiger charge is -2.15. The Morgan fingerprint density at radius 3 is 2.82 bits per heavy atom. The summed E-state index contributed by atoms with van der Waals surface area (Å²) in [6.45, 7) is 2.10. The zero-order chi connectivity index (χ0) is 15.9. The molecule has 2 aromatic rings. The summed E-state index contributed by atoms with van der Waals surface area (Å²) in [5, 5.41) is 9.12. The molecule has 22 heavy (non-hydrogen) atoms. The number of carbonyl (C=O) groups is 2. The van der Waals surface area contributed by atoms with Gasteiger partial charge in [-0.1, -0.05) is 13.0 Å². The van der Waals surface area contributed by atoms with Crippen molar-refractivity contribution in [3.05, 3.63) is 52.7 Å². The van der Waals surface area contributed by atoms with Gasteiger partial charge in [0.1, 0.15) is 17.1 Å². The molecule has 0 spiro atoms. The van der Waals surface area contributed by atoms with Gasteiger partial charge in [0.05, 0.1) is 5.69 Å². The smallest absolute Gasteiger partial charge is 0.339 e. The van der Waals surface area contributed by atoms with Crippen LogP contribution in [0.1, 0.15) is 39.2 Å². The van der Waals surface area contributed by atoms with Gasteiger partial charge in [-0.15, -0.1) is 0 Å². The molecule has 0 radical (unpaired) electrons. The number of benzene rings is 1. The van der Waals surface area contributed by atoms with Crippen molar-refractivity contribution in [1.29, 1.82) is 0 Å². The molecule has 5 nitrogen and oxygen atoms in total. The van der Waals surface area contributed by atoms with E-state index in [9.17, 15) is 14.0 Å². The molecule has 1 aliphatic rings. The van der Waals surface area contributed by atoms with Crippen LogP contribution >= 0.6 is 0 Å². The molecular formula is C16H14FNO4. The fraction of sp³-hybridized carbons (Fsp3) is 0.250. The Kier molecular flexibility index (Phi) is 3.44. The van der Waals surface area contributed by atoms with Gasteiger partial charge in [0.2, 0.25) is 0 Å². The SMILES string of the molecule is CCc1oc(C(=O)N2CCc3c(F)cccc32)cc1C(=O)O. The number of rotatable bonds is 3. The van der Waals surface area contributed by atoms with E-state index in [-0.39, 0.29) is 22.9 Å². The summed E-state index contributed by atoms with van der Waals surface area (Å²) in [7, 11) is 0. The maximum absolute atomic E-state index is 13.7. The second-order valence-electron chi connectivity index (χ2n) is 5.05. The number of aryl methyl sites for hydroxylation is 1. The van der Waals surface area contributed by atoms with Crippen molar-refractivity contribution < 1.29 is 23.5 Å². The number of anilines is 1.